The number of ether oxygens (including phenoxy) is 1. The zero-order valence-corrected chi connectivity index (χ0v) is 14.8. The molecule has 2 aromatic rings. The Bertz CT molecular complexity index is 646. The van der Waals surface area contributed by atoms with Crippen LogP contribution in [-0.4, -0.2) is 23.5 Å². The second kappa shape index (κ2) is 8.85. The highest BCUT2D eigenvalue weighted by molar-refractivity contribution is 8.00. The maximum absolute atomic E-state index is 12.1. The predicted molar refractivity (Wildman–Crippen MR) is 98.7 cm³/mol. The van der Waals surface area contributed by atoms with E-state index in [4.69, 9.17) is 16.3 Å². The Kier molecular flexibility index (Phi) is 6.81. The van der Waals surface area contributed by atoms with Gasteiger partial charge >= 0.3 is 0 Å². The molecule has 122 valence electrons. The highest BCUT2D eigenvalue weighted by Gasteiger charge is 2.13. The van der Waals surface area contributed by atoms with Crippen molar-refractivity contribution in [1.29, 1.82) is 0 Å². The summed E-state index contributed by atoms with van der Waals surface area (Å²) in [6, 6.07) is 15.0. The topological polar surface area (TPSA) is 38.3 Å². The molecule has 0 fully saturated rings. The van der Waals surface area contributed by atoms with Crippen LogP contribution in [0.1, 0.15) is 12.5 Å². The minimum atomic E-state index is -0.135. The Morgan fingerprint density at radius 1 is 1.26 bits per heavy atom. The van der Waals surface area contributed by atoms with Crippen LogP contribution >= 0.6 is 23.4 Å². The van der Waals surface area contributed by atoms with Gasteiger partial charge in [-0.15, -0.1) is 11.8 Å². The number of carbonyl (C=O) groups excluding carboxylic acids is 1. The number of rotatable bonds is 7. The van der Waals surface area contributed by atoms with Crippen LogP contribution < -0.4 is 10.1 Å². The lowest BCUT2D eigenvalue weighted by molar-refractivity contribution is -0.115. The van der Waals surface area contributed by atoms with Crippen LogP contribution in [0.2, 0.25) is 5.02 Å². The molecule has 1 atom stereocenters. The molecule has 2 aromatic carbocycles. The molecule has 0 heterocycles. The first-order valence-electron chi connectivity index (χ1n) is 7.42. The molecule has 0 spiro atoms. The number of thioether (sulfide) groups is 1. The van der Waals surface area contributed by atoms with Gasteiger partial charge in [0.2, 0.25) is 5.91 Å². The van der Waals surface area contributed by atoms with Crippen LogP contribution in [0.5, 0.6) is 5.75 Å². The first-order chi connectivity index (χ1) is 11.0. The van der Waals surface area contributed by atoms with E-state index in [0.717, 1.165) is 22.8 Å². The summed E-state index contributed by atoms with van der Waals surface area (Å²) < 4.78 is 5.61. The van der Waals surface area contributed by atoms with Crippen LogP contribution in [0.15, 0.2) is 48.5 Å². The van der Waals surface area contributed by atoms with Crippen LogP contribution in [0.4, 0.5) is 5.69 Å². The van der Waals surface area contributed by atoms with Crippen molar-refractivity contribution < 1.29 is 9.53 Å². The van der Waals surface area contributed by atoms with Gasteiger partial charge in [0.15, 0.2) is 0 Å². The Balaban J connectivity index is 1.70. The Morgan fingerprint density at radius 3 is 2.70 bits per heavy atom. The third-order valence-electron chi connectivity index (χ3n) is 3.19. The maximum atomic E-state index is 12.1. The lowest BCUT2D eigenvalue weighted by Crippen LogP contribution is -2.23. The van der Waals surface area contributed by atoms with Gasteiger partial charge in [0.25, 0.3) is 0 Å². The van der Waals surface area contributed by atoms with E-state index in [9.17, 15) is 4.79 Å². The lowest BCUT2D eigenvalue weighted by Gasteiger charge is -2.13. The molecule has 0 bridgehead atoms. The second-order valence-electron chi connectivity index (χ2n) is 5.17. The highest BCUT2D eigenvalue weighted by atomic mass is 35.5. The molecule has 0 aliphatic carbocycles. The zero-order valence-electron chi connectivity index (χ0n) is 13.2. The first-order valence-corrected chi connectivity index (χ1v) is 8.85. The molecule has 0 aliphatic rings. The zero-order chi connectivity index (χ0) is 16.7. The number of amides is 1. The molecule has 1 amide bonds. The summed E-state index contributed by atoms with van der Waals surface area (Å²) in [6.07, 6.45) is 0. The first kappa shape index (κ1) is 17.7. The molecule has 2 rings (SSSR count). The molecule has 0 aromatic heterocycles. The fraction of sp³-hybridized carbons (Fsp3) is 0.278. The molecular weight excluding hydrogens is 330 g/mol. The van der Waals surface area contributed by atoms with Crippen molar-refractivity contribution in [2.24, 2.45) is 0 Å². The van der Waals surface area contributed by atoms with E-state index < -0.39 is 0 Å². The Morgan fingerprint density at radius 2 is 2.00 bits per heavy atom. The minimum Gasteiger partial charge on any atom is -0.493 e. The number of hydrogen-bond acceptors (Lipinski definition) is 3. The van der Waals surface area contributed by atoms with Gasteiger partial charge in [-0.1, -0.05) is 23.7 Å². The number of nitrogens with one attached hydrogen (secondary N) is 1. The van der Waals surface area contributed by atoms with Gasteiger partial charge in [-0.2, -0.15) is 0 Å². The monoisotopic (exact) mass is 349 g/mol. The van der Waals surface area contributed by atoms with Gasteiger partial charge in [0.1, 0.15) is 5.75 Å². The summed E-state index contributed by atoms with van der Waals surface area (Å²) >= 11 is 7.39. The van der Waals surface area contributed by atoms with Crippen molar-refractivity contribution in [2.75, 3.05) is 17.7 Å². The number of aryl methyl sites for hydroxylation is 1. The third kappa shape index (κ3) is 6.16. The van der Waals surface area contributed by atoms with Gasteiger partial charge in [0.05, 0.1) is 11.9 Å². The number of benzene rings is 2. The van der Waals surface area contributed by atoms with Gasteiger partial charge < -0.3 is 10.1 Å². The lowest BCUT2D eigenvalue weighted by atomic mass is 10.2. The largest absolute Gasteiger partial charge is 0.493 e. The van der Waals surface area contributed by atoms with Crippen LogP contribution in [-0.2, 0) is 4.79 Å². The normalized spacial score (nSPS) is 11.8. The summed E-state index contributed by atoms with van der Waals surface area (Å²) in [5, 5.41) is 3.49. The summed E-state index contributed by atoms with van der Waals surface area (Å²) in [5.41, 5.74) is 1.96. The van der Waals surface area contributed by atoms with E-state index >= 15 is 0 Å². The Labute approximate surface area is 146 Å². The average molecular weight is 350 g/mol. The van der Waals surface area contributed by atoms with E-state index in [0.29, 0.717) is 11.6 Å². The molecule has 0 aliphatic heterocycles. The molecule has 23 heavy (non-hydrogen) atoms. The van der Waals surface area contributed by atoms with Crippen molar-refractivity contribution in [1.82, 2.24) is 0 Å². The second-order valence-corrected chi connectivity index (χ2v) is 7.06. The third-order valence-corrected chi connectivity index (χ3v) is 4.56. The number of anilines is 1. The standard InChI is InChI=1S/C18H20ClNO2S/c1-13-4-3-5-16(12-13)20-18(21)14(2)23-11-10-22-17-8-6-15(19)7-9-17/h3-9,12,14H,10-11H2,1-2H3,(H,20,21)/t14-/m0/s1. The quantitative estimate of drug-likeness (QED) is 0.730. The fourth-order valence-electron chi connectivity index (χ4n) is 1.96. The molecule has 1 N–H and O–H groups in total. The van der Waals surface area contributed by atoms with Crippen molar-refractivity contribution in [2.45, 2.75) is 19.1 Å². The molecule has 3 nitrogen and oxygen atoms in total. The summed E-state index contributed by atoms with van der Waals surface area (Å²) in [4.78, 5) is 12.1. The van der Waals surface area contributed by atoms with Crippen molar-refractivity contribution in [3.05, 3.63) is 59.1 Å². The highest BCUT2D eigenvalue weighted by Crippen LogP contribution is 2.18. The molecule has 0 radical (unpaired) electrons. The van der Waals surface area contributed by atoms with E-state index in [1.807, 2.05) is 50.2 Å². The number of halogens is 1. The molecule has 0 saturated heterocycles. The summed E-state index contributed by atoms with van der Waals surface area (Å²) in [7, 11) is 0. The van der Waals surface area contributed by atoms with E-state index in [2.05, 4.69) is 5.32 Å². The molecule has 5 heteroatoms. The molecule has 0 unspecified atom stereocenters. The van der Waals surface area contributed by atoms with Crippen LogP contribution in [0.3, 0.4) is 0 Å². The Hall–Kier alpha value is -1.65. The van der Waals surface area contributed by atoms with Gasteiger partial charge in [0, 0.05) is 16.5 Å². The van der Waals surface area contributed by atoms with Crippen molar-refractivity contribution >= 4 is 35.0 Å². The molecule has 0 saturated carbocycles. The van der Waals surface area contributed by atoms with Gasteiger partial charge in [-0.25, -0.2) is 0 Å². The molecular formula is C18H20ClNO2S. The fourth-order valence-corrected chi connectivity index (χ4v) is 2.83. The van der Waals surface area contributed by atoms with Crippen molar-refractivity contribution in [3.8, 4) is 5.75 Å². The van der Waals surface area contributed by atoms with E-state index in [1.165, 1.54) is 0 Å². The van der Waals surface area contributed by atoms with E-state index in [1.54, 1.807) is 23.9 Å². The number of hydrogen-bond donors (Lipinski definition) is 1. The SMILES string of the molecule is Cc1cccc(NC(=O)[C@H](C)SCCOc2ccc(Cl)cc2)c1. The maximum Gasteiger partial charge on any atom is 0.237 e. The number of carbonyl (C=O) groups is 1. The predicted octanol–water partition coefficient (Wildman–Crippen LogP) is 4.79. The van der Waals surface area contributed by atoms with Crippen LogP contribution in [0, 0.1) is 6.92 Å². The summed E-state index contributed by atoms with van der Waals surface area (Å²) in [6.45, 7) is 4.45. The van der Waals surface area contributed by atoms with Gasteiger partial charge in [-0.05, 0) is 55.8 Å². The minimum absolute atomic E-state index is 0.00657. The smallest absolute Gasteiger partial charge is 0.237 e. The van der Waals surface area contributed by atoms with Gasteiger partial charge in [-0.3, -0.25) is 4.79 Å². The van der Waals surface area contributed by atoms with E-state index in [-0.39, 0.29) is 11.2 Å². The van der Waals surface area contributed by atoms with Crippen molar-refractivity contribution in [3.63, 3.8) is 0 Å². The summed E-state index contributed by atoms with van der Waals surface area (Å²) in [5.74, 6) is 1.53. The van der Waals surface area contributed by atoms with Crippen LogP contribution in [0.25, 0.3) is 0 Å². The average Bonchev–Trinajstić information content (AvgIpc) is 2.53.